The molecular formula is C18H31N3O3S. The van der Waals surface area contributed by atoms with Crippen molar-refractivity contribution in [2.45, 2.75) is 46.2 Å². The fourth-order valence-electron chi connectivity index (χ4n) is 2.72. The number of hydrogen-bond donors (Lipinski definition) is 2. The van der Waals surface area contributed by atoms with E-state index in [4.69, 9.17) is 0 Å². The van der Waals surface area contributed by atoms with Crippen LogP contribution < -0.4 is 10.0 Å². The van der Waals surface area contributed by atoms with Crippen molar-refractivity contribution in [2.75, 3.05) is 25.9 Å². The monoisotopic (exact) mass is 369 g/mol. The topological polar surface area (TPSA) is 78.5 Å². The van der Waals surface area contributed by atoms with Crippen LogP contribution in [0.3, 0.4) is 0 Å². The number of amides is 1. The summed E-state index contributed by atoms with van der Waals surface area (Å²) >= 11 is 0. The van der Waals surface area contributed by atoms with Crippen molar-refractivity contribution >= 4 is 15.9 Å². The summed E-state index contributed by atoms with van der Waals surface area (Å²) in [6.45, 7) is 10.4. The summed E-state index contributed by atoms with van der Waals surface area (Å²) in [6.07, 6.45) is 1.73. The summed E-state index contributed by atoms with van der Waals surface area (Å²) in [4.78, 5) is 14.5. The molecule has 0 bridgehead atoms. The smallest absolute Gasteiger partial charge is 0.251 e. The van der Waals surface area contributed by atoms with E-state index in [9.17, 15) is 13.2 Å². The van der Waals surface area contributed by atoms with E-state index in [-0.39, 0.29) is 5.91 Å². The van der Waals surface area contributed by atoms with Crippen molar-refractivity contribution in [3.63, 3.8) is 0 Å². The van der Waals surface area contributed by atoms with Crippen LogP contribution in [-0.4, -0.2) is 57.2 Å². The fourth-order valence-corrected chi connectivity index (χ4v) is 3.19. The van der Waals surface area contributed by atoms with Crippen LogP contribution in [0.4, 0.5) is 0 Å². The highest BCUT2D eigenvalue weighted by atomic mass is 32.2. The second kappa shape index (κ2) is 9.89. The van der Waals surface area contributed by atoms with Gasteiger partial charge < -0.3 is 5.32 Å². The van der Waals surface area contributed by atoms with Gasteiger partial charge in [0.15, 0.2) is 0 Å². The number of hydrogen-bond acceptors (Lipinski definition) is 4. The number of sulfonamides is 1. The number of nitrogens with zero attached hydrogens (tertiary/aromatic N) is 1. The van der Waals surface area contributed by atoms with Crippen molar-refractivity contribution in [2.24, 2.45) is 0 Å². The molecule has 0 saturated heterocycles. The minimum Gasteiger partial charge on any atom is -0.351 e. The van der Waals surface area contributed by atoms with Crippen LogP contribution in [0.15, 0.2) is 24.3 Å². The minimum absolute atomic E-state index is 0.0896. The molecule has 1 aromatic carbocycles. The largest absolute Gasteiger partial charge is 0.351 e. The molecule has 142 valence electrons. The molecule has 1 aromatic rings. The van der Waals surface area contributed by atoms with Gasteiger partial charge >= 0.3 is 0 Å². The lowest BCUT2D eigenvalue weighted by Gasteiger charge is -2.30. The molecule has 0 saturated carbocycles. The van der Waals surface area contributed by atoms with Gasteiger partial charge in [0.05, 0.1) is 6.26 Å². The van der Waals surface area contributed by atoms with E-state index in [0.717, 1.165) is 18.4 Å². The van der Waals surface area contributed by atoms with Crippen molar-refractivity contribution in [3.8, 4) is 0 Å². The minimum atomic E-state index is -3.16. The number of benzene rings is 1. The van der Waals surface area contributed by atoms with E-state index in [0.29, 0.717) is 37.2 Å². The van der Waals surface area contributed by atoms with Crippen molar-refractivity contribution < 1.29 is 13.2 Å². The Morgan fingerprint density at radius 1 is 1.04 bits per heavy atom. The second-order valence-electron chi connectivity index (χ2n) is 6.79. The third kappa shape index (κ3) is 8.47. The van der Waals surface area contributed by atoms with Crippen LogP contribution in [0.25, 0.3) is 0 Å². The maximum atomic E-state index is 12.2. The molecule has 0 aromatic heterocycles. The third-order valence-electron chi connectivity index (χ3n) is 3.98. The Kier molecular flexibility index (Phi) is 8.55. The van der Waals surface area contributed by atoms with Crippen molar-refractivity contribution in [3.05, 3.63) is 35.4 Å². The SMILES string of the molecule is CC(C)N(CCNC(=O)c1ccc(CCNS(C)(=O)=O)cc1)C(C)C. The number of rotatable bonds is 10. The van der Waals surface area contributed by atoms with Crippen LogP contribution in [0.2, 0.25) is 0 Å². The van der Waals surface area contributed by atoms with Gasteiger partial charge in [-0.25, -0.2) is 13.1 Å². The van der Waals surface area contributed by atoms with Crippen LogP contribution in [0.1, 0.15) is 43.6 Å². The maximum absolute atomic E-state index is 12.2. The second-order valence-corrected chi connectivity index (χ2v) is 8.63. The van der Waals surface area contributed by atoms with E-state index in [1.807, 2.05) is 12.1 Å². The van der Waals surface area contributed by atoms with Gasteiger partial charge in [-0.15, -0.1) is 0 Å². The Labute approximate surface area is 152 Å². The molecule has 0 fully saturated rings. The normalized spacial score (nSPS) is 12.2. The van der Waals surface area contributed by atoms with E-state index >= 15 is 0 Å². The van der Waals surface area contributed by atoms with Crippen molar-refractivity contribution in [1.82, 2.24) is 14.9 Å². The highest BCUT2D eigenvalue weighted by Gasteiger charge is 2.13. The van der Waals surface area contributed by atoms with Gasteiger partial charge in [0.2, 0.25) is 10.0 Å². The molecule has 25 heavy (non-hydrogen) atoms. The fraction of sp³-hybridized carbons (Fsp3) is 0.611. The highest BCUT2D eigenvalue weighted by molar-refractivity contribution is 7.88. The molecule has 6 nitrogen and oxygen atoms in total. The molecular weight excluding hydrogens is 338 g/mol. The molecule has 0 atom stereocenters. The van der Waals surface area contributed by atoms with Gasteiger partial charge in [-0.05, 0) is 51.8 Å². The predicted molar refractivity (Wildman–Crippen MR) is 102 cm³/mol. The Balaban J connectivity index is 2.46. The first-order valence-corrected chi connectivity index (χ1v) is 10.6. The van der Waals surface area contributed by atoms with Crippen LogP contribution in [-0.2, 0) is 16.4 Å². The summed E-state index contributed by atoms with van der Waals surface area (Å²) in [5.74, 6) is -0.0896. The maximum Gasteiger partial charge on any atom is 0.251 e. The van der Waals surface area contributed by atoms with E-state index in [2.05, 4.69) is 42.6 Å². The predicted octanol–water partition coefficient (Wildman–Crippen LogP) is 1.63. The number of carbonyl (C=O) groups is 1. The molecule has 0 aliphatic carbocycles. The molecule has 1 amide bonds. The standard InChI is InChI=1S/C18H31N3O3S/c1-14(2)21(15(3)4)13-12-19-18(22)17-8-6-16(7-9-17)10-11-20-25(5,23)24/h6-9,14-15,20H,10-13H2,1-5H3,(H,19,22). The van der Waals surface area contributed by atoms with Gasteiger partial charge in [-0.2, -0.15) is 0 Å². The average Bonchev–Trinajstić information content (AvgIpc) is 2.50. The Hall–Kier alpha value is -1.44. The summed E-state index contributed by atoms with van der Waals surface area (Å²) in [6, 6.07) is 8.14. The third-order valence-corrected chi connectivity index (χ3v) is 4.70. The summed E-state index contributed by atoms with van der Waals surface area (Å²) in [7, 11) is -3.16. The van der Waals surface area contributed by atoms with Gasteiger partial charge in [0, 0.05) is 37.3 Å². The lowest BCUT2D eigenvalue weighted by Crippen LogP contribution is -2.42. The first kappa shape index (κ1) is 21.6. The zero-order valence-electron chi connectivity index (χ0n) is 15.9. The van der Waals surface area contributed by atoms with Crippen LogP contribution >= 0.6 is 0 Å². The molecule has 2 N–H and O–H groups in total. The zero-order valence-corrected chi connectivity index (χ0v) is 16.7. The molecule has 0 heterocycles. The van der Waals surface area contributed by atoms with E-state index in [1.165, 1.54) is 0 Å². The van der Waals surface area contributed by atoms with E-state index < -0.39 is 10.0 Å². The molecule has 0 unspecified atom stereocenters. The number of carbonyl (C=O) groups excluding carboxylic acids is 1. The van der Waals surface area contributed by atoms with Gasteiger partial charge in [-0.3, -0.25) is 9.69 Å². The lowest BCUT2D eigenvalue weighted by atomic mass is 10.1. The van der Waals surface area contributed by atoms with Gasteiger partial charge in [0.25, 0.3) is 5.91 Å². The molecule has 1 rings (SSSR count). The molecule has 0 aliphatic rings. The van der Waals surface area contributed by atoms with Crippen LogP contribution in [0.5, 0.6) is 0 Å². The molecule has 0 radical (unpaired) electrons. The Morgan fingerprint density at radius 3 is 2.08 bits per heavy atom. The first-order valence-electron chi connectivity index (χ1n) is 8.67. The Bertz CT molecular complexity index is 632. The summed E-state index contributed by atoms with van der Waals surface area (Å²) < 4.78 is 24.5. The van der Waals surface area contributed by atoms with E-state index in [1.54, 1.807) is 12.1 Å². The quantitative estimate of drug-likeness (QED) is 0.657. The molecule has 7 heteroatoms. The first-order chi connectivity index (χ1) is 11.6. The zero-order chi connectivity index (χ0) is 19.0. The highest BCUT2D eigenvalue weighted by Crippen LogP contribution is 2.06. The molecule has 0 aliphatic heterocycles. The van der Waals surface area contributed by atoms with Crippen molar-refractivity contribution in [1.29, 1.82) is 0 Å². The molecule has 0 spiro atoms. The van der Waals surface area contributed by atoms with Crippen LogP contribution in [0, 0.1) is 0 Å². The number of nitrogens with one attached hydrogen (secondary N) is 2. The summed E-state index contributed by atoms with van der Waals surface area (Å²) in [5, 5.41) is 2.95. The summed E-state index contributed by atoms with van der Waals surface area (Å²) in [5.41, 5.74) is 1.60. The van der Waals surface area contributed by atoms with Gasteiger partial charge in [-0.1, -0.05) is 12.1 Å². The average molecular weight is 370 g/mol. The van der Waals surface area contributed by atoms with Gasteiger partial charge in [0.1, 0.15) is 0 Å². The lowest BCUT2D eigenvalue weighted by molar-refractivity contribution is 0.0939. The Morgan fingerprint density at radius 2 is 1.60 bits per heavy atom.